The van der Waals surface area contributed by atoms with Crippen molar-refractivity contribution in [3.63, 3.8) is 0 Å². The van der Waals surface area contributed by atoms with Gasteiger partial charge < -0.3 is 5.11 Å². The van der Waals surface area contributed by atoms with Crippen LogP contribution in [0.5, 0.6) is 5.88 Å². The number of aromatic nitrogens is 6. The van der Waals surface area contributed by atoms with Crippen molar-refractivity contribution in [3.8, 4) is 5.88 Å². The first-order chi connectivity index (χ1) is 14.5. The molecule has 30 heavy (non-hydrogen) atoms. The second kappa shape index (κ2) is 6.55. The monoisotopic (exact) mass is 400 g/mol. The van der Waals surface area contributed by atoms with Crippen molar-refractivity contribution in [1.82, 2.24) is 30.1 Å². The fraction of sp³-hybridized carbons (Fsp3) is 0.0500. The standard InChI is InChI=1S/C20H12N6O4/c27-15(5-13-18(28)24-20(30)25-19(13)29)17-12-4-3-11-10(14(12)7-23-26-17)2-1-9-6-21-8-22-16(9)11/h1-4,6-8H,5H2,(H3,24,25,28,29,30). The van der Waals surface area contributed by atoms with Crippen LogP contribution in [-0.4, -0.2) is 41.0 Å². The molecule has 0 radical (unpaired) electrons. The number of carbonyl (C=O) groups is 1. The molecule has 0 aliphatic heterocycles. The third kappa shape index (κ3) is 2.70. The topological polar surface area (TPSA) is 155 Å². The Hall–Kier alpha value is -4.47. The van der Waals surface area contributed by atoms with Gasteiger partial charge >= 0.3 is 5.69 Å². The van der Waals surface area contributed by atoms with E-state index in [-0.39, 0.29) is 11.3 Å². The molecule has 0 atom stereocenters. The van der Waals surface area contributed by atoms with E-state index in [0.717, 1.165) is 21.7 Å². The summed E-state index contributed by atoms with van der Waals surface area (Å²) < 4.78 is 0. The van der Waals surface area contributed by atoms with Crippen LogP contribution in [0, 0.1) is 0 Å². The van der Waals surface area contributed by atoms with E-state index in [2.05, 4.69) is 25.1 Å². The summed E-state index contributed by atoms with van der Waals surface area (Å²) in [5, 5.41) is 21.6. The van der Waals surface area contributed by atoms with E-state index in [1.54, 1.807) is 18.5 Å². The molecule has 10 heteroatoms. The number of aromatic amines is 2. The minimum atomic E-state index is -0.860. The van der Waals surface area contributed by atoms with Crippen LogP contribution in [0.25, 0.3) is 32.4 Å². The fourth-order valence-corrected chi connectivity index (χ4v) is 3.54. The minimum Gasteiger partial charge on any atom is -0.494 e. The summed E-state index contributed by atoms with van der Waals surface area (Å²) in [6.07, 6.45) is 4.31. The molecule has 0 unspecified atom stereocenters. The Balaban J connectivity index is 1.68. The zero-order valence-electron chi connectivity index (χ0n) is 15.2. The van der Waals surface area contributed by atoms with E-state index in [9.17, 15) is 19.5 Å². The van der Waals surface area contributed by atoms with Gasteiger partial charge in [-0.2, -0.15) is 5.10 Å². The smallest absolute Gasteiger partial charge is 0.328 e. The van der Waals surface area contributed by atoms with Crippen molar-refractivity contribution in [2.75, 3.05) is 0 Å². The number of hydrogen-bond donors (Lipinski definition) is 3. The molecule has 10 nitrogen and oxygen atoms in total. The first kappa shape index (κ1) is 17.6. The highest BCUT2D eigenvalue weighted by Gasteiger charge is 2.19. The average Bonchev–Trinajstić information content (AvgIpc) is 2.75. The maximum Gasteiger partial charge on any atom is 0.328 e. The number of benzene rings is 2. The number of carbonyl (C=O) groups excluding carboxylic acids is 1. The zero-order valence-corrected chi connectivity index (χ0v) is 15.2. The number of rotatable bonds is 3. The van der Waals surface area contributed by atoms with Crippen molar-refractivity contribution in [1.29, 1.82) is 0 Å². The Bertz CT molecular complexity index is 1600. The molecule has 0 bridgehead atoms. The number of ketones is 1. The molecule has 3 heterocycles. The molecule has 0 fully saturated rings. The van der Waals surface area contributed by atoms with E-state index in [1.165, 1.54) is 6.33 Å². The number of H-pyrrole nitrogens is 2. The van der Waals surface area contributed by atoms with Crippen molar-refractivity contribution in [3.05, 3.63) is 75.1 Å². The molecule has 0 aliphatic rings. The number of hydrogen-bond acceptors (Lipinski definition) is 8. The second-order valence-electron chi connectivity index (χ2n) is 6.68. The lowest BCUT2D eigenvalue weighted by Gasteiger charge is -2.09. The summed E-state index contributed by atoms with van der Waals surface area (Å²) in [6.45, 7) is 0. The Morgan fingerprint density at radius 3 is 2.60 bits per heavy atom. The van der Waals surface area contributed by atoms with Crippen LogP contribution in [-0.2, 0) is 6.42 Å². The maximum absolute atomic E-state index is 12.9. The van der Waals surface area contributed by atoms with Gasteiger partial charge in [0, 0.05) is 34.2 Å². The van der Waals surface area contributed by atoms with Crippen molar-refractivity contribution < 1.29 is 9.90 Å². The van der Waals surface area contributed by atoms with Gasteiger partial charge in [0.2, 0.25) is 5.88 Å². The quantitative estimate of drug-likeness (QED) is 0.302. The van der Waals surface area contributed by atoms with Crippen LogP contribution in [0.15, 0.2) is 52.6 Å². The van der Waals surface area contributed by atoms with Crippen molar-refractivity contribution >= 4 is 38.2 Å². The van der Waals surface area contributed by atoms with E-state index in [0.29, 0.717) is 10.8 Å². The Morgan fingerprint density at radius 1 is 0.967 bits per heavy atom. The van der Waals surface area contributed by atoms with Gasteiger partial charge in [-0.3, -0.25) is 19.6 Å². The Morgan fingerprint density at radius 2 is 1.77 bits per heavy atom. The summed E-state index contributed by atoms with van der Waals surface area (Å²) in [7, 11) is 0. The van der Waals surface area contributed by atoms with Crippen molar-refractivity contribution in [2.45, 2.75) is 6.42 Å². The lowest BCUT2D eigenvalue weighted by Crippen LogP contribution is -2.26. The van der Waals surface area contributed by atoms with Gasteiger partial charge in [0.1, 0.15) is 12.0 Å². The van der Waals surface area contributed by atoms with Crippen molar-refractivity contribution in [2.24, 2.45) is 0 Å². The van der Waals surface area contributed by atoms with E-state index >= 15 is 0 Å². The molecule has 2 aromatic carbocycles. The second-order valence-corrected chi connectivity index (χ2v) is 6.68. The molecule has 5 aromatic rings. The van der Waals surface area contributed by atoms with E-state index < -0.39 is 29.3 Å². The number of Topliss-reactive ketones (excluding diaryl/α,β-unsaturated/α-hetero) is 1. The Labute approximate surface area is 166 Å². The molecular formula is C20H12N6O4. The number of aromatic hydroxyl groups is 1. The van der Waals surface area contributed by atoms with E-state index in [4.69, 9.17) is 0 Å². The predicted molar refractivity (Wildman–Crippen MR) is 108 cm³/mol. The normalized spacial score (nSPS) is 11.3. The zero-order chi connectivity index (χ0) is 20.8. The molecule has 0 saturated heterocycles. The summed E-state index contributed by atoms with van der Waals surface area (Å²) in [5.74, 6) is -1.18. The van der Waals surface area contributed by atoms with Crippen LogP contribution in [0.1, 0.15) is 16.1 Å². The van der Waals surface area contributed by atoms with Gasteiger partial charge in [-0.05, 0) is 5.39 Å². The maximum atomic E-state index is 12.9. The first-order valence-corrected chi connectivity index (χ1v) is 8.87. The van der Waals surface area contributed by atoms with Gasteiger partial charge in [-0.25, -0.2) is 14.8 Å². The average molecular weight is 400 g/mol. The van der Waals surface area contributed by atoms with Gasteiger partial charge in [0.05, 0.1) is 17.3 Å². The van der Waals surface area contributed by atoms with Gasteiger partial charge in [-0.15, -0.1) is 5.10 Å². The summed E-state index contributed by atoms with van der Waals surface area (Å²) >= 11 is 0. The number of nitrogens with one attached hydrogen (secondary N) is 2. The first-order valence-electron chi connectivity index (χ1n) is 8.87. The van der Waals surface area contributed by atoms with Crippen LogP contribution < -0.4 is 11.2 Å². The van der Waals surface area contributed by atoms with Crippen LogP contribution in [0.4, 0.5) is 0 Å². The molecule has 3 N–H and O–H groups in total. The van der Waals surface area contributed by atoms with Gasteiger partial charge in [0.25, 0.3) is 5.56 Å². The minimum absolute atomic E-state index is 0.0576. The summed E-state index contributed by atoms with van der Waals surface area (Å²) in [4.78, 5) is 48.5. The molecule has 3 aromatic heterocycles. The highest BCUT2D eigenvalue weighted by molar-refractivity contribution is 6.19. The van der Waals surface area contributed by atoms with Crippen LogP contribution >= 0.6 is 0 Å². The molecule has 0 aliphatic carbocycles. The number of fused-ring (bicyclic) bond motifs is 5. The largest absolute Gasteiger partial charge is 0.494 e. The molecule has 0 spiro atoms. The molecule has 5 rings (SSSR count). The SMILES string of the molecule is O=C(Cc1c(O)[nH]c(=O)[nH]c1=O)c1nncc2c1ccc1c2ccc2cncnc21. The highest BCUT2D eigenvalue weighted by atomic mass is 16.3. The number of nitrogens with zero attached hydrogens (tertiary/aromatic N) is 4. The van der Waals surface area contributed by atoms with Crippen LogP contribution in [0.2, 0.25) is 0 Å². The summed E-state index contributed by atoms with van der Waals surface area (Å²) in [6, 6.07) is 7.38. The lowest BCUT2D eigenvalue weighted by atomic mass is 9.98. The molecular weight excluding hydrogens is 388 g/mol. The van der Waals surface area contributed by atoms with Gasteiger partial charge in [-0.1, -0.05) is 24.3 Å². The van der Waals surface area contributed by atoms with E-state index in [1.807, 2.05) is 23.2 Å². The Kier molecular flexibility index (Phi) is 3.85. The highest BCUT2D eigenvalue weighted by Crippen LogP contribution is 2.30. The fourth-order valence-electron chi connectivity index (χ4n) is 3.54. The summed E-state index contributed by atoms with van der Waals surface area (Å²) in [5.41, 5.74) is -1.11. The molecule has 0 saturated carbocycles. The van der Waals surface area contributed by atoms with Gasteiger partial charge in [0.15, 0.2) is 5.78 Å². The third-order valence-electron chi connectivity index (χ3n) is 4.93. The third-order valence-corrected chi connectivity index (χ3v) is 4.93. The predicted octanol–water partition coefficient (Wildman–Crippen LogP) is 1.23. The lowest BCUT2D eigenvalue weighted by molar-refractivity contribution is 0.0987. The molecule has 0 amide bonds. The molecule has 146 valence electrons. The van der Waals surface area contributed by atoms with Crippen LogP contribution in [0.3, 0.4) is 0 Å².